The maximum atomic E-state index is 10.5. The molecule has 2 heterocycles. The average Bonchev–Trinajstić information content (AvgIpc) is 2.78. The van der Waals surface area contributed by atoms with E-state index in [-0.39, 0.29) is 36.7 Å². The highest BCUT2D eigenvalue weighted by atomic mass is 35.5. The fourth-order valence-electron chi connectivity index (χ4n) is 1.91. The van der Waals surface area contributed by atoms with Crippen LogP contribution in [0.1, 0.15) is 18.7 Å². The molecule has 1 N–H and O–H groups in total. The van der Waals surface area contributed by atoms with Crippen LogP contribution in [0.2, 0.25) is 0 Å². The molecule has 1 aromatic heterocycles. The second-order valence-electron chi connectivity index (χ2n) is 3.90. The largest absolute Gasteiger partial charge is 0.433 e. The molecule has 0 bridgehead atoms. The number of nitrogens with one attached hydrogen (secondary N) is 1. The minimum absolute atomic E-state index is 0. The number of furan rings is 1. The fraction of sp³-hybridized carbons (Fsp3) is 0.600. The van der Waals surface area contributed by atoms with Gasteiger partial charge >= 0.3 is 5.88 Å². The van der Waals surface area contributed by atoms with Crippen LogP contribution in [0.4, 0.5) is 5.88 Å². The second kappa shape index (κ2) is 7.58. The first-order chi connectivity index (χ1) is 7.68. The Morgan fingerprint density at radius 2 is 2.00 bits per heavy atom. The lowest BCUT2D eigenvalue weighted by Gasteiger charge is -2.31. The van der Waals surface area contributed by atoms with Gasteiger partial charge in [-0.2, -0.15) is 0 Å². The zero-order chi connectivity index (χ0) is 11.5. The monoisotopic (exact) mass is 297 g/mol. The lowest BCUT2D eigenvalue weighted by atomic mass is 10.2. The van der Waals surface area contributed by atoms with Crippen molar-refractivity contribution in [3.05, 3.63) is 28.0 Å². The first-order valence-electron chi connectivity index (χ1n) is 5.37. The number of nitrogens with zero attached hydrogens (tertiary/aromatic N) is 2. The summed E-state index contributed by atoms with van der Waals surface area (Å²) in [6.45, 7) is 5.79. The Morgan fingerprint density at radius 1 is 1.39 bits per heavy atom. The summed E-state index contributed by atoms with van der Waals surface area (Å²) in [5.74, 6) is 0.477. The van der Waals surface area contributed by atoms with Gasteiger partial charge in [0.15, 0.2) is 0 Å². The van der Waals surface area contributed by atoms with Gasteiger partial charge in [-0.1, -0.05) is 0 Å². The highest BCUT2D eigenvalue weighted by molar-refractivity contribution is 5.85. The molecular weight excluding hydrogens is 281 g/mol. The van der Waals surface area contributed by atoms with E-state index >= 15 is 0 Å². The van der Waals surface area contributed by atoms with Crippen LogP contribution in [-0.2, 0) is 0 Å². The van der Waals surface area contributed by atoms with Crippen molar-refractivity contribution in [1.82, 2.24) is 10.2 Å². The third-order valence-electron chi connectivity index (χ3n) is 2.90. The molecule has 2 rings (SSSR count). The molecule has 8 heteroatoms. The maximum absolute atomic E-state index is 10.5. The van der Waals surface area contributed by atoms with E-state index < -0.39 is 4.92 Å². The van der Waals surface area contributed by atoms with Gasteiger partial charge in [0, 0.05) is 26.2 Å². The molecule has 1 aliphatic rings. The van der Waals surface area contributed by atoms with Gasteiger partial charge in [-0.3, -0.25) is 15.0 Å². The standard InChI is InChI=1S/C10H15N3O3.2ClH/c1-8(12-6-4-11-5-7-12)9-2-3-10(16-9)13(14)15;;/h2-3,8,11H,4-7H2,1H3;2*1H/t8-;;/m0../s1. The summed E-state index contributed by atoms with van der Waals surface area (Å²) in [5, 5.41) is 13.8. The van der Waals surface area contributed by atoms with Crippen molar-refractivity contribution in [1.29, 1.82) is 0 Å². The Morgan fingerprint density at radius 3 is 2.50 bits per heavy atom. The molecule has 18 heavy (non-hydrogen) atoms. The molecular formula is C10H17Cl2N3O3. The minimum Gasteiger partial charge on any atom is -0.404 e. The number of hydrogen-bond donors (Lipinski definition) is 1. The number of halogens is 2. The Labute approximate surface area is 118 Å². The summed E-state index contributed by atoms with van der Waals surface area (Å²) >= 11 is 0. The van der Waals surface area contributed by atoms with Crippen LogP contribution in [0.3, 0.4) is 0 Å². The molecule has 1 saturated heterocycles. The van der Waals surface area contributed by atoms with Crippen molar-refractivity contribution >= 4 is 30.7 Å². The van der Waals surface area contributed by atoms with Crippen molar-refractivity contribution < 1.29 is 9.34 Å². The molecule has 0 saturated carbocycles. The third-order valence-corrected chi connectivity index (χ3v) is 2.90. The van der Waals surface area contributed by atoms with Crippen molar-refractivity contribution in [2.24, 2.45) is 0 Å². The van der Waals surface area contributed by atoms with E-state index in [1.54, 1.807) is 6.07 Å². The second-order valence-corrected chi connectivity index (χ2v) is 3.90. The first kappa shape index (κ1) is 17.2. The molecule has 1 aromatic rings. The fourth-order valence-corrected chi connectivity index (χ4v) is 1.91. The van der Waals surface area contributed by atoms with Crippen molar-refractivity contribution in [2.45, 2.75) is 13.0 Å². The van der Waals surface area contributed by atoms with Crippen molar-refractivity contribution in [3.8, 4) is 0 Å². The van der Waals surface area contributed by atoms with Gasteiger partial charge in [0.2, 0.25) is 0 Å². The third kappa shape index (κ3) is 3.84. The van der Waals surface area contributed by atoms with E-state index in [1.807, 2.05) is 6.92 Å². The lowest BCUT2D eigenvalue weighted by molar-refractivity contribution is -0.402. The van der Waals surface area contributed by atoms with Gasteiger partial charge in [0.25, 0.3) is 0 Å². The highest BCUT2D eigenvalue weighted by Gasteiger charge is 2.22. The quantitative estimate of drug-likeness (QED) is 0.682. The van der Waals surface area contributed by atoms with E-state index in [2.05, 4.69) is 10.2 Å². The van der Waals surface area contributed by atoms with Crippen molar-refractivity contribution in [2.75, 3.05) is 26.2 Å². The van der Waals surface area contributed by atoms with Crippen LogP contribution in [0.15, 0.2) is 16.5 Å². The maximum Gasteiger partial charge on any atom is 0.433 e. The molecule has 1 atom stereocenters. The van der Waals surface area contributed by atoms with Gasteiger partial charge in [-0.05, 0) is 13.0 Å². The summed E-state index contributed by atoms with van der Waals surface area (Å²) < 4.78 is 5.20. The molecule has 104 valence electrons. The van der Waals surface area contributed by atoms with E-state index in [1.165, 1.54) is 6.07 Å². The molecule has 6 nitrogen and oxygen atoms in total. The van der Waals surface area contributed by atoms with Crippen LogP contribution < -0.4 is 5.32 Å². The molecule has 0 amide bonds. The molecule has 1 fully saturated rings. The summed E-state index contributed by atoms with van der Waals surface area (Å²) in [6.07, 6.45) is 0. The molecule has 0 radical (unpaired) electrons. The van der Waals surface area contributed by atoms with Crippen LogP contribution in [0.25, 0.3) is 0 Å². The summed E-state index contributed by atoms with van der Waals surface area (Å²) in [7, 11) is 0. The normalized spacial score (nSPS) is 17.4. The van der Waals surface area contributed by atoms with E-state index in [0.717, 1.165) is 26.2 Å². The number of nitro groups is 1. The van der Waals surface area contributed by atoms with Gasteiger partial charge < -0.3 is 9.73 Å². The van der Waals surface area contributed by atoms with E-state index in [4.69, 9.17) is 4.42 Å². The van der Waals surface area contributed by atoms with Crippen LogP contribution in [-0.4, -0.2) is 36.0 Å². The Hall–Kier alpha value is -0.820. The average molecular weight is 298 g/mol. The number of hydrogen-bond acceptors (Lipinski definition) is 5. The zero-order valence-corrected chi connectivity index (χ0v) is 11.6. The minimum atomic E-state index is -0.506. The first-order valence-corrected chi connectivity index (χ1v) is 5.37. The van der Waals surface area contributed by atoms with E-state index in [0.29, 0.717) is 5.76 Å². The number of rotatable bonds is 3. The Bertz CT molecular complexity index is 380. The molecule has 0 aliphatic carbocycles. The molecule has 0 aromatic carbocycles. The van der Waals surface area contributed by atoms with Gasteiger partial charge in [-0.15, -0.1) is 24.8 Å². The summed E-state index contributed by atoms with van der Waals surface area (Å²) in [6, 6.07) is 3.19. The highest BCUT2D eigenvalue weighted by Crippen LogP contribution is 2.25. The topological polar surface area (TPSA) is 71.5 Å². The van der Waals surface area contributed by atoms with Crippen LogP contribution >= 0.6 is 24.8 Å². The van der Waals surface area contributed by atoms with E-state index in [9.17, 15) is 10.1 Å². The van der Waals surface area contributed by atoms with Crippen LogP contribution in [0, 0.1) is 10.1 Å². The smallest absolute Gasteiger partial charge is 0.404 e. The zero-order valence-electron chi connectivity index (χ0n) is 10.00. The van der Waals surface area contributed by atoms with Crippen molar-refractivity contribution in [3.63, 3.8) is 0 Å². The lowest BCUT2D eigenvalue weighted by Crippen LogP contribution is -2.44. The molecule has 0 spiro atoms. The van der Waals surface area contributed by atoms with Gasteiger partial charge in [-0.25, -0.2) is 0 Å². The van der Waals surface area contributed by atoms with Gasteiger partial charge in [0.1, 0.15) is 10.7 Å². The predicted molar refractivity (Wildman–Crippen MR) is 72.7 cm³/mol. The SMILES string of the molecule is C[C@@H](c1ccc([N+](=O)[O-])o1)N1CCNCC1.Cl.Cl. The molecule has 0 unspecified atom stereocenters. The van der Waals surface area contributed by atoms with Gasteiger partial charge in [0.05, 0.1) is 12.1 Å². The Balaban J connectivity index is 0.00000144. The summed E-state index contributed by atoms with van der Waals surface area (Å²) in [5.41, 5.74) is 0. The molecule has 1 aliphatic heterocycles. The predicted octanol–water partition coefficient (Wildman–Crippen LogP) is 2.00. The van der Waals surface area contributed by atoms with Crippen LogP contribution in [0.5, 0.6) is 0 Å². The summed E-state index contributed by atoms with van der Waals surface area (Å²) in [4.78, 5) is 12.2. The number of piperazine rings is 1. The Kier molecular flexibility index (Phi) is 7.23.